The third-order valence-corrected chi connectivity index (χ3v) is 3.89. The fraction of sp³-hybridized carbons (Fsp3) is 0.600. The van der Waals surface area contributed by atoms with Gasteiger partial charge in [0.2, 0.25) is 0 Å². The van der Waals surface area contributed by atoms with Crippen LogP contribution in [-0.4, -0.2) is 54.2 Å². The normalized spacial score (nSPS) is 19.5. The predicted molar refractivity (Wildman–Crippen MR) is 78.2 cm³/mol. The van der Waals surface area contributed by atoms with Crippen LogP contribution in [0.5, 0.6) is 5.75 Å². The first-order valence-electron chi connectivity index (χ1n) is 7.20. The van der Waals surface area contributed by atoms with E-state index in [9.17, 15) is 5.11 Å². The van der Waals surface area contributed by atoms with Crippen LogP contribution in [0, 0.1) is 0 Å². The van der Waals surface area contributed by atoms with E-state index in [1.54, 1.807) is 12.1 Å². The molecule has 3 N–H and O–H groups in total. The van der Waals surface area contributed by atoms with Crippen molar-refractivity contribution >= 4 is 0 Å². The van der Waals surface area contributed by atoms with Crippen molar-refractivity contribution < 1.29 is 5.11 Å². The Hall–Kier alpha value is -1.10. The summed E-state index contributed by atoms with van der Waals surface area (Å²) < 4.78 is 0. The molecule has 1 aliphatic heterocycles. The van der Waals surface area contributed by atoms with Gasteiger partial charge in [0.25, 0.3) is 0 Å². The molecular weight excluding hydrogens is 238 g/mol. The van der Waals surface area contributed by atoms with Gasteiger partial charge in [-0.1, -0.05) is 19.1 Å². The van der Waals surface area contributed by atoms with Crippen LogP contribution in [0.1, 0.15) is 24.9 Å². The van der Waals surface area contributed by atoms with Crippen molar-refractivity contribution in [1.82, 2.24) is 9.80 Å². The lowest BCUT2D eigenvalue weighted by molar-refractivity contribution is 0.0985. The Bertz CT molecular complexity index is 371. The van der Waals surface area contributed by atoms with E-state index in [-0.39, 0.29) is 6.04 Å². The molecule has 1 aromatic carbocycles. The highest BCUT2D eigenvalue weighted by Crippen LogP contribution is 2.23. The van der Waals surface area contributed by atoms with E-state index in [1.165, 1.54) is 18.5 Å². The second-order valence-electron chi connectivity index (χ2n) is 5.22. The van der Waals surface area contributed by atoms with Gasteiger partial charge in [0, 0.05) is 38.8 Å². The number of phenolic OH excluding ortho intramolecular Hbond substituents is 1. The molecule has 1 unspecified atom stereocenters. The lowest BCUT2D eigenvalue weighted by Crippen LogP contribution is -2.49. The Balaban J connectivity index is 1.97. The monoisotopic (exact) mass is 263 g/mol. The summed E-state index contributed by atoms with van der Waals surface area (Å²) in [6.07, 6.45) is 1.22. The molecule has 106 valence electrons. The van der Waals surface area contributed by atoms with Crippen molar-refractivity contribution in [2.45, 2.75) is 19.4 Å². The minimum atomic E-state index is 0.268. The number of nitrogens with two attached hydrogens (primary N) is 1. The Morgan fingerprint density at radius 1 is 1.16 bits per heavy atom. The van der Waals surface area contributed by atoms with Gasteiger partial charge in [-0.3, -0.25) is 4.90 Å². The molecule has 0 amide bonds. The van der Waals surface area contributed by atoms with Crippen molar-refractivity contribution in [2.75, 3.05) is 39.3 Å². The highest BCUT2D eigenvalue weighted by Gasteiger charge is 2.23. The van der Waals surface area contributed by atoms with E-state index in [2.05, 4.69) is 16.7 Å². The summed E-state index contributed by atoms with van der Waals surface area (Å²) in [5, 5.41) is 9.36. The molecule has 1 saturated heterocycles. The zero-order valence-corrected chi connectivity index (χ0v) is 11.8. The van der Waals surface area contributed by atoms with Crippen molar-refractivity contribution in [3.8, 4) is 5.75 Å². The largest absolute Gasteiger partial charge is 0.508 e. The zero-order valence-electron chi connectivity index (χ0n) is 11.8. The van der Waals surface area contributed by atoms with E-state index in [1.807, 2.05) is 12.1 Å². The van der Waals surface area contributed by atoms with E-state index < -0.39 is 0 Å². The Kier molecular flexibility index (Phi) is 5.19. The highest BCUT2D eigenvalue weighted by molar-refractivity contribution is 5.28. The predicted octanol–water partition coefficient (Wildman–Crippen LogP) is 1.42. The number of phenols is 1. The van der Waals surface area contributed by atoms with Crippen molar-refractivity contribution in [3.63, 3.8) is 0 Å². The number of rotatable bonds is 5. The summed E-state index contributed by atoms with van der Waals surface area (Å²) in [5.41, 5.74) is 7.15. The lowest BCUT2D eigenvalue weighted by Gasteiger charge is -2.39. The van der Waals surface area contributed by atoms with Crippen LogP contribution in [0.25, 0.3) is 0 Å². The SMILES string of the molecule is CCCN1CCN(C(CN)c2ccc(O)cc2)CC1. The van der Waals surface area contributed by atoms with Gasteiger partial charge in [-0.15, -0.1) is 0 Å². The van der Waals surface area contributed by atoms with Gasteiger partial charge >= 0.3 is 0 Å². The number of piperazine rings is 1. The van der Waals surface area contributed by atoms with Gasteiger partial charge in [0.1, 0.15) is 5.75 Å². The fourth-order valence-electron chi connectivity index (χ4n) is 2.81. The molecule has 0 aliphatic carbocycles. The molecule has 0 aromatic heterocycles. The molecule has 0 spiro atoms. The van der Waals surface area contributed by atoms with Crippen LogP contribution < -0.4 is 5.73 Å². The molecule has 1 fully saturated rings. The van der Waals surface area contributed by atoms with Crippen LogP contribution in [0.15, 0.2) is 24.3 Å². The third-order valence-electron chi connectivity index (χ3n) is 3.89. The number of hydrogen-bond acceptors (Lipinski definition) is 4. The van der Waals surface area contributed by atoms with E-state index in [0.717, 1.165) is 26.2 Å². The zero-order chi connectivity index (χ0) is 13.7. The minimum absolute atomic E-state index is 0.268. The van der Waals surface area contributed by atoms with Crippen LogP contribution >= 0.6 is 0 Å². The summed E-state index contributed by atoms with van der Waals surface area (Å²) in [7, 11) is 0. The summed E-state index contributed by atoms with van der Waals surface area (Å²) in [4.78, 5) is 4.97. The van der Waals surface area contributed by atoms with Crippen molar-refractivity contribution in [2.24, 2.45) is 5.73 Å². The second kappa shape index (κ2) is 6.89. The van der Waals surface area contributed by atoms with Gasteiger partial charge in [-0.05, 0) is 30.7 Å². The molecule has 0 bridgehead atoms. The summed E-state index contributed by atoms with van der Waals surface area (Å²) >= 11 is 0. The number of benzene rings is 1. The topological polar surface area (TPSA) is 52.7 Å². The maximum absolute atomic E-state index is 9.36. The first-order valence-corrected chi connectivity index (χ1v) is 7.20. The first kappa shape index (κ1) is 14.3. The van der Waals surface area contributed by atoms with E-state index >= 15 is 0 Å². The Morgan fingerprint density at radius 2 is 1.79 bits per heavy atom. The summed E-state index contributed by atoms with van der Waals surface area (Å²) in [5.74, 6) is 0.312. The van der Waals surface area contributed by atoms with E-state index in [4.69, 9.17) is 5.73 Å². The van der Waals surface area contributed by atoms with Crippen LogP contribution in [0.4, 0.5) is 0 Å². The molecule has 0 radical (unpaired) electrons. The Morgan fingerprint density at radius 3 is 2.32 bits per heavy atom. The molecule has 4 nitrogen and oxygen atoms in total. The van der Waals surface area contributed by atoms with Gasteiger partial charge in [0.05, 0.1) is 0 Å². The summed E-state index contributed by atoms with van der Waals surface area (Å²) in [6, 6.07) is 7.71. The average Bonchev–Trinajstić information content (AvgIpc) is 2.44. The van der Waals surface area contributed by atoms with Gasteiger partial charge in [-0.25, -0.2) is 0 Å². The Labute approximate surface area is 115 Å². The quantitative estimate of drug-likeness (QED) is 0.843. The van der Waals surface area contributed by atoms with Crippen LogP contribution in [0.3, 0.4) is 0 Å². The molecule has 0 saturated carbocycles. The van der Waals surface area contributed by atoms with Gasteiger partial charge in [-0.2, -0.15) is 0 Å². The first-order chi connectivity index (χ1) is 9.24. The standard InChI is InChI=1S/C15H25N3O/c1-2-7-17-8-10-18(11-9-17)15(12-16)13-3-5-14(19)6-4-13/h3-6,15,19H,2,7-12,16H2,1H3. The smallest absolute Gasteiger partial charge is 0.115 e. The van der Waals surface area contributed by atoms with Crippen molar-refractivity contribution in [1.29, 1.82) is 0 Å². The number of nitrogens with zero attached hydrogens (tertiary/aromatic N) is 2. The maximum atomic E-state index is 9.36. The van der Waals surface area contributed by atoms with Crippen molar-refractivity contribution in [3.05, 3.63) is 29.8 Å². The van der Waals surface area contributed by atoms with Gasteiger partial charge < -0.3 is 15.7 Å². The molecule has 2 rings (SSSR count). The molecule has 1 aliphatic rings. The maximum Gasteiger partial charge on any atom is 0.115 e. The van der Waals surface area contributed by atoms with E-state index in [0.29, 0.717) is 12.3 Å². The lowest BCUT2D eigenvalue weighted by atomic mass is 10.0. The van der Waals surface area contributed by atoms with Gasteiger partial charge in [0.15, 0.2) is 0 Å². The molecule has 1 aromatic rings. The molecule has 1 atom stereocenters. The fourth-order valence-corrected chi connectivity index (χ4v) is 2.81. The van der Waals surface area contributed by atoms with Crippen LogP contribution in [0.2, 0.25) is 0 Å². The van der Waals surface area contributed by atoms with Crippen LogP contribution in [-0.2, 0) is 0 Å². The molecular formula is C15H25N3O. The third kappa shape index (κ3) is 3.69. The summed E-state index contributed by atoms with van der Waals surface area (Å²) in [6.45, 7) is 8.45. The molecule has 4 heteroatoms. The molecule has 1 heterocycles. The highest BCUT2D eigenvalue weighted by atomic mass is 16.3. The average molecular weight is 263 g/mol. The second-order valence-corrected chi connectivity index (χ2v) is 5.22. The number of aromatic hydroxyl groups is 1. The number of hydrogen-bond donors (Lipinski definition) is 2. The molecule has 19 heavy (non-hydrogen) atoms. The minimum Gasteiger partial charge on any atom is -0.508 e.